The standard InChI is InChI=1S/C22H26BrClN2O3/c1-4-15(2)25-22(28)16(3)26(13-17-9-11-18(23)12-10-17)21(27)14-29-20-8-6-5-7-19(20)24/h5-12,15-16H,4,13-14H2,1-3H3,(H,25,28)/t15-,16-/m0/s1. The van der Waals surface area contributed by atoms with Gasteiger partial charge in [0.2, 0.25) is 5.91 Å². The smallest absolute Gasteiger partial charge is 0.261 e. The third kappa shape index (κ3) is 7.05. The number of hydrogen-bond donors (Lipinski definition) is 1. The number of hydrogen-bond acceptors (Lipinski definition) is 3. The molecule has 29 heavy (non-hydrogen) atoms. The van der Waals surface area contributed by atoms with Crippen molar-refractivity contribution < 1.29 is 14.3 Å². The number of carbonyl (C=O) groups excluding carboxylic acids is 2. The van der Waals surface area contributed by atoms with Crippen LogP contribution in [0.3, 0.4) is 0 Å². The summed E-state index contributed by atoms with van der Waals surface area (Å²) < 4.78 is 6.55. The maximum atomic E-state index is 13.0. The Hall–Kier alpha value is -2.05. The van der Waals surface area contributed by atoms with Gasteiger partial charge in [-0.1, -0.05) is 58.7 Å². The summed E-state index contributed by atoms with van der Waals surface area (Å²) in [5, 5.41) is 3.37. The van der Waals surface area contributed by atoms with Crippen LogP contribution in [0.2, 0.25) is 5.02 Å². The Bertz CT molecular complexity index is 829. The summed E-state index contributed by atoms with van der Waals surface area (Å²) >= 11 is 9.51. The second-order valence-corrected chi connectivity index (χ2v) is 8.18. The van der Waals surface area contributed by atoms with E-state index in [0.29, 0.717) is 17.3 Å². The summed E-state index contributed by atoms with van der Waals surface area (Å²) in [7, 11) is 0. The van der Waals surface area contributed by atoms with Crippen LogP contribution in [-0.2, 0) is 16.1 Å². The van der Waals surface area contributed by atoms with Gasteiger partial charge in [-0.15, -0.1) is 0 Å². The van der Waals surface area contributed by atoms with Crippen molar-refractivity contribution in [3.8, 4) is 5.75 Å². The molecule has 0 aromatic heterocycles. The molecule has 2 amide bonds. The van der Waals surface area contributed by atoms with Gasteiger partial charge in [0.15, 0.2) is 6.61 Å². The molecule has 0 spiro atoms. The van der Waals surface area contributed by atoms with Gasteiger partial charge < -0.3 is 15.0 Å². The second kappa shape index (κ2) is 11.2. The van der Waals surface area contributed by atoms with Crippen molar-refractivity contribution in [2.75, 3.05) is 6.61 Å². The fourth-order valence-corrected chi connectivity index (χ4v) is 3.07. The van der Waals surface area contributed by atoms with Gasteiger partial charge in [0.25, 0.3) is 5.91 Å². The molecule has 0 heterocycles. The molecule has 0 radical (unpaired) electrons. The number of carbonyl (C=O) groups is 2. The van der Waals surface area contributed by atoms with Crippen LogP contribution in [0.15, 0.2) is 53.0 Å². The summed E-state index contributed by atoms with van der Waals surface area (Å²) in [5.41, 5.74) is 0.919. The van der Waals surface area contributed by atoms with Crippen molar-refractivity contribution in [1.82, 2.24) is 10.2 Å². The molecule has 156 valence electrons. The average Bonchev–Trinajstić information content (AvgIpc) is 2.71. The molecule has 0 aliphatic heterocycles. The van der Waals surface area contributed by atoms with Gasteiger partial charge in [0.1, 0.15) is 11.8 Å². The van der Waals surface area contributed by atoms with Gasteiger partial charge in [-0.2, -0.15) is 0 Å². The number of nitrogens with zero attached hydrogens (tertiary/aromatic N) is 1. The highest BCUT2D eigenvalue weighted by molar-refractivity contribution is 9.10. The molecule has 0 saturated heterocycles. The predicted molar refractivity (Wildman–Crippen MR) is 119 cm³/mol. The highest BCUT2D eigenvalue weighted by Crippen LogP contribution is 2.23. The van der Waals surface area contributed by atoms with Crippen LogP contribution in [0, 0.1) is 0 Å². The molecule has 2 atom stereocenters. The van der Waals surface area contributed by atoms with Gasteiger partial charge in [0, 0.05) is 17.1 Å². The predicted octanol–water partition coefficient (Wildman–Crippen LogP) is 4.81. The Morgan fingerprint density at radius 3 is 2.41 bits per heavy atom. The first-order valence-electron chi connectivity index (χ1n) is 9.53. The number of nitrogens with one attached hydrogen (secondary N) is 1. The Kier molecular flexibility index (Phi) is 8.99. The minimum Gasteiger partial charge on any atom is -0.482 e. The first-order valence-corrected chi connectivity index (χ1v) is 10.7. The zero-order chi connectivity index (χ0) is 21.4. The molecule has 0 bridgehead atoms. The monoisotopic (exact) mass is 480 g/mol. The first-order chi connectivity index (χ1) is 13.8. The Labute approximate surface area is 185 Å². The van der Waals surface area contributed by atoms with Gasteiger partial charge in [-0.3, -0.25) is 9.59 Å². The highest BCUT2D eigenvalue weighted by atomic mass is 79.9. The van der Waals surface area contributed by atoms with E-state index in [-0.39, 0.29) is 24.5 Å². The molecule has 2 aromatic carbocycles. The average molecular weight is 482 g/mol. The van der Waals surface area contributed by atoms with E-state index in [1.54, 1.807) is 31.2 Å². The molecule has 5 nitrogen and oxygen atoms in total. The molecule has 0 aliphatic carbocycles. The third-order valence-corrected chi connectivity index (χ3v) is 5.46. The second-order valence-electron chi connectivity index (χ2n) is 6.86. The van der Waals surface area contributed by atoms with Crippen LogP contribution in [0.5, 0.6) is 5.75 Å². The van der Waals surface area contributed by atoms with E-state index in [9.17, 15) is 9.59 Å². The summed E-state index contributed by atoms with van der Waals surface area (Å²) in [6.07, 6.45) is 0.814. The number of benzene rings is 2. The van der Waals surface area contributed by atoms with E-state index in [1.165, 1.54) is 4.90 Å². The van der Waals surface area contributed by atoms with Crippen LogP contribution < -0.4 is 10.1 Å². The van der Waals surface area contributed by atoms with Gasteiger partial charge in [-0.05, 0) is 50.1 Å². The van der Waals surface area contributed by atoms with Crippen LogP contribution in [0.4, 0.5) is 0 Å². The Morgan fingerprint density at radius 2 is 1.79 bits per heavy atom. The van der Waals surface area contributed by atoms with E-state index in [1.807, 2.05) is 38.1 Å². The normalized spacial score (nSPS) is 12.7. The van der Waals surface area contributed by atoms with E-state index in [0.717, 1.165) is 16.5 Å². The molecule has 2 rings (SSSR count). The van der Waals surface area contributed by atoms with Gasteiger partial charge >= 0.3 is 0 Å². The molecular formula is C22H26BrClN2O3. The summed E-state index contributed by atoms with van der Waals surface area (Å²) in [4.78, 5) is 27.2. The van der Waals surface area contributed by atoms with Crippen molar-refractivity contribution in [2.24, 2.45) is 0 Å². The fraction of sp³-hybridized carbons (Fsp3) is 0.364. The number of halogens is 2. The molecule has 0 aliphatic rings. The van der Waals surface area contributed by atoms with Crippen molar-refractivity contribution >= 4 is 39.3 Å². The van der Waals surface area contributed by atoms with Crippen LogP contribution >= 0.6 is 27.5 Å². The topological polar surface area (TPSA) is 58.6 Å². The molecule has 7 heteroatoms. The minimum absolute atomic E-state index is 0.0361. The van der Waals surface area contributed by atoms with Crippen molar-refractivity contribution in [3.05, 3.63) is 63.6 Å². The Balaban J connectivity index is 2.15. The maximum Gasteiger partial charge on any atom is 0.261 e. The number of rotatable bonds is 9. The van der Waals surface area contributed by atoms with E-state index in [2.05, 4.69) is 21.2 Å². The molecule has 2 aromatic rings. The van der Waals surface area contributed by atoms with E-state index in [4.69, 9.17) is 16.3 Å². The summed E-state index contributed by atoms with van der Waals surface area (Å²) in [6.45, 7) is 5.75. The minimum atomic E-state index is -0.644. The molecule has 0 fully saturated rings. The third-order valence-electron chi connectivity index (χ3n) is 4.62. The largest absolute Gasteiger partial charge is 0.482 e. The van der Waals surface area contributed by atoms with Crippen molar-refractivity contribution in [1.29, 1.82) is 0 Å². The number of para-hydroxylation sites is 1. The SMILES string of the molecule is CC[C@H](C)NC(=O)[C@H](C)N(Cc1ccc(Br)cc1)C(=O)COc1ccccc1Cl. The zero-order valence-corrected chi connectivity index (χ0v) is 19.2. The van der Waals surface area contributed by atoms with Crippen LogP contribution in [0.25, 0.3) is 0 Å². The highest BCUT2D eigenvalue weighted by Gasteiger charge is 2.27. The summed E-state index contributed by atoms with van der Waals surface area (Å²) in [6, 6.07) is 14.0. The summed E-state index contributed by atoms with van der Waals surface area (Å²) in [5.74, 6) is -0.0509. The van der Waals surface area contributed by atoms with E-state index >= 15 is 0 Å². The van der Waals surface area contributed by atoms with Gasteiger partial charge in [-0.25, -0.2) is 0 Å². The lowest BCUT2D eigenvalue weighted by atomic mass is 10.1. The van der Waals surface area contributed by atoms with Crippen LogP contribution in [-0.4, -0.2) is 35.4 Å². The lowest BCUT2D eigenvalue weighted by Crippen LogP contribution is -2.50. The Morgan fingerprint density at radius 1 is 1.14 bits per heavy atom. The maximum absolute atomic E-state index is 13.0. The molecule has 0 saturated carbocycles. The molecule has 1 N–H and O–H groups in total. The van der Waals surface area contributed by atoms with Crippen molar-refractivity contribution in [2.45, 2.75) is 45.8 Å². The van der Waals surface area contributed by atoms with Crippen molar-refractivity contribution in [3.63, 3.8) is 0 Å². The lowest BCUT2D eigenvalue weighted by Gasteiger charge is -2.29. The van der Waals surface area contributed by atoms with E-state index < -0.39 is 6.04 Å². The number of ether oxygens (including phenoxy) is 1. The van der Waals surface area contributed by atoms with Crippen LogP contribution in [0.1, 0.15) is 32.8 Å². The fourth-order valence-electron chi connectivity index (χ4n) is 2.62. The molecule has 0 unspecified atom stereocenters. The first kappa shape index (κ1) is 23.2. The lowest BCUT2D eigenvalue weighted by molar-refractivity contribution is -0.142. The quantitative estimate of drug-likeness (QED) is 0.559. The zero-order valence-electron chi connectivity index (χ0n) is 16.8. The van der Waals surface area contributed by atoms with Gasteiger partial charge in [0.05, 0.1) is 5.02 Å². The molecular weight excluding hydrogens is 456 g/mol. The number of amides is 2.